The Bertz CT molecular complexity index is 224. The minimum absolute atomic E-state index is 0.560. The van der Waals surface area contributed by atoms with Crippen LogP contribution in [0, 0.1) is 0 Å². The Morgan fingerprint density at radius 3 is 2.09 bits per heavy atom. The number of hydrogen-bond acceptors (Lipinski definition) is 2. The maximum absolute atomic E-state index is 3.91. The van der Waals surface area contributed by atoms with Crippen LogP contribution < -0.4 is 10.6 Å². The zero-order valence-corrected chi connectivity index (χ0v) is 15.5. The Kier molecular flexibility index (Phi) is 13.2. The molecule has 0 aromatic carbocycles. The first-order valence-electron chi connectivity index (χ1n) is 10.4. The fraction of sp³-hybridized carbons (Fsp3) is 1.00. The molecular formula is C20H42N2. The van der Waals surface area contributed by atoms with Crippen molar-refractivity contribution in [2.24, 2.45) is 0 Å². The summed E-state index contributed by atoms with van der Waals surface area (Å²) in [6, 6.07) is 0.775. The van der Waals surface area contributed by atoms with E-state index in [0.29, 0.717) is 6.17 Å². The van der Waals surface area contributed by atoms with Crippen molar-refractivity contribution in [3.63, 3.8) is 0 Å². The smallest absolute Gasteiger partial charge is 0.0573 e. The lowest BCUT2D eigenvalue weighted by Gasteiger charge is -2.29. The van der Waals surface area contributed by atoms with E-state index in [2.05, 4.69) is 24.5 Å². The van der Waals surface area contributed by atoms with Crippen molar-refractivity contribution in [3.05, 3.63) is 0 Å². The van der Waals surface area contributed by atoms with Gasteiger partial charge in [-0.3, -0.25) is 5.32 Å². The number of hydrogen-bond donors (Lipinski definition) is 2. The summed E-state index contributed by atoms with van der Waals surface area (Å²) in [6.07, 6.45) is 21.5. The van der Waals surface area contributed by atoms with Crippen LogP contribution in [0.2, 0.25) is 0 Å². The van der Waals surface area contributed by atoms with Crippen LogP contribution >= 0.6 is 0 Å². The Morgan fingerprint density at radius 2 is 1.41 bits per heavy atom. The van der Waals surface area contributed by atoms with E-state index in [-0.39, 0.29) is 0 Å². The fourth-order valence-corrected chi connectivity index (χ4v) is 3.56. The molecule has 22 heavy (non-hydrogen) atoms. The molecule has 0 heterocycles. The van der Waals surface area contributed by atoms with Crippen LogP contribution in [0.4, 0.5) is 0 Å². The summed E-state index contributed by atoms with van der Waals surface area (Å²) in [5, 5.41) is 7.68. The quantitative estimate of drug-likeness (QED) is 0.314. The van der Waals surface area contributed by atoms with Crippen molar-refractivity contribution in [2.45, 2.75) is 122 Å². The molecule has 0 amide bonds. The predicted octanol–water partition coefficient (Wildman–Crippen LogP) is 5.77. The van der Waals surface area contributed by atoms with E-state index in [1.165, 1.54) is 103 Å². The highest BCUT2D eigenvalue weighted by Gasteiger charge is 2.17. The molecule has 1 fully saturated rings. The lowest BCUT2D eigenvalue weighted by Crippen LogP contribution is -2.48. The molecule has 1 saturated carbocycles. The van der Waals surface area contributed by atoms with Gasteiger partial charge in [0.15, 0.2) is 0 Å². The number of rotatable bonds is 14. The zero-order valence-electron chi connectivity index (χ0n) is 15.5. The summed E-state index contributed by atoms with van der Waals surface area (Å²) in [4.78, 5) is 0. The van der Waals surface area contributed by atoms with Gasteiger partial charge in [0.05, 0.1) is 6.17 Å². The minimum Gasteiger partial charge on any atom is -0.302 e. The Morgan fingerprint density at radius 1 is 0.773 bits per heavy atom. The van der Waals surface area contributed by atoms with Gasteiger partial charge < -0.3 is 5.32 Å². The van der Waals surface area contributed by atoms with Gasteiger partial charge in [-0.2, -0.15) is 0 Å². The summed E-state index contributed by atoms with van der Waals surface area (Å²) < 4.78 is 0. The third-order valence-electron chi connectivity index (χ3n) is 5.06. The molecule has 1 unspecified atom stereocenters. The van der Waals surface area contributed by atoms with E-state index in [1.54, 1.807) is 0 Å². The van der Waals surface area contributed by atoms with Crippen molar-refractivity contribution < 1.29 is 0 Å². The van der Waals surface area contributed by atoms with Gasteiger partial charge >= 0.3 is 0 Å². The first-order chi connectivity index (χ1) is 10.9. The van der Waals surface area contributed by atoms with Crippen LogP contribution in [-0.4, -0.2) is 18.8 Å². The lowest BCUT2D eigenvalue weighted by atomic mass is 9.95. The van der Waals surface area contributed by atoms with Crippen molar-refractivity contribution in [2.75, 3.05) is 6.54 Å². The van der Waals surface area contributed by atoms with E-state index < -0.39 is 0 Å². The molecule has 1 rings (SSSR count). The monoisotopic (exact) mass is 310 g/mol. The summed E-state index contributed by atoms with van der Waals surface area (Å²) in [6.45, 7) is 5.75. The average Bonchev–Trinajstić information content (AvgIpc) is 2.55. The second-order valence-corrected chi connectivity index (χ2v) is 7.27. The number of nitrogens with one attached hydrogen (secondary N) is 2. The molecule has 2 nitrogen and oxygen atoms in total. The van der Waals surface area contributed by atoms with E-state index in [1.807, 2.05) is 0 Å². The first-order valence-corrected chi connectivity index (χ1v) is 10.4. The molecule has 1 aliphatic carbocycles. The maximum Gasteiger partial charge on any atom is 0.0573 e. The average molecular weight is 311 g/mol. The third kappa shape index (κ3) is 10.6. The molecule has 0 radical (unpaired) electrons. The van der Waals surface area contributed by atoms with Crippen molar-refractivity contribution in [1.29, 1.82) is 0 Å². The topological polar surface area (TPSA) is 24.1 Å². The van der Waals surface area contributed by atoms with Crippen LogP contribution in [-0.2, 0) is 0 Å². The van der Waals surface area contributed by atoms with Crippen LogP contribution in [0.25, 0.3) is 0 Å². The van der Waals surface area contributed by atoms with Gasteiger partial charge in [-0.05, 0) is 32.2 Å². The molecule has 0 aromatic heterocycles. The molecule has 0 aromatic rings. The van der Waals surface area contributed by atoms with Crippen LogP contribution in [0.15, 0.2) is 0 Å². The first kappa shape index (κ1) is 20.0. The normalized spacial score (nSPS) is 17.7. The van der Waals surface area contributed by atoms with E-state index in [0.717, 1.165) is 6.04 Å². The molecule has 2 N–H and O–H groups in total. The Labute approximate surface area is 140 Å². The highest BCUT2D eigenvalue weighted by molar-refractivity contribution is 4.76. The van der Waals surface area contributed by atoms with Gasteiger partial charge in [0.25, 0.3) is 0 Å². The fourth-order valence-electron chi connectivity index (χ4n) is 3.56. The maximum atomic E-state index is 3.91. The summed E-state index contributed by atoms with van der Waals surface area (Å²) in [5.41, 5.74) is 0. The predicted molar refractivity (Wildman–Crippen MR) is 99.3 cm³/mol. The van der Waals surface area contributed by atoms with Gasteiger partial charge in [0, 0.05) is 6.04 Å². The second kappa shape index (κ2) is 14.5. The van der Waals surface area contributed by atoms with E-state index in [9.17, 15) is 0 Å². The second-order valence-electron chi connectivity index (χ2n) is 7.27. The molecule has 0 aliphatic heterocycles. The Hall–Kier alpha value is -0.0800. The van der Waals surface area contributed by atoms with E-state index in [4.69, 9.17) is 0 Å². The highest BCUT2D eigenvalue weighted by atomic mass is 15.1. The van der Waals surface area contributed by atoms with Gasteiger partial charge in [-0.15, -0.1) is 0 Å². The standard InChI is InChI=1S/C20H42N2/c1-3-5-7-8-9-10-14-17-20(21-18-6-4-2)22-19-15-12-11-13-16-19/h19-22H,3-18H2,1-2H3. The number of unbranched alkanes of at least 4 members (excludes halogenated alkanes) is 7. The minimum atomic E-state index is 0.560. The molecule has 1 aliphatic rings. The van der Waals surface area contributed by atoms with Crippen LogP contribution in [0.1, 0.15) is 110 Å². The molecule has 2 heteroatoms. The molecule has 0 bridgehead atoms. The summed E-state index contributed by atoms with van der Waals surface area (Å²) >= 11 is 0. The van der Waals surface area contributed by atoms with Crippen LogP contribution in [0.3, 0.4) is 0 Å². The highest BCUT2D eigenvalue weighted by Crippen LogP contribution is 2.18. The third-order valence-corrected chi connectivity index (χ3v) is 5.06. The van der Waals surface area contributed by atoms with Crippen molar-refractivity contribution in [3.8, 4) is 0 Å². The van der Waals surface area contributed by atoms with Crippen molar-refractivity contribution in [1.82, 2.24) is 10.6 Å². The van der Waals surface area contributed by atoms with Gasteiger partial charge in [-0.25, -0.2) is 0 Å². The van der Waals surface area contributed by atoms with Gasteiger partial charge in [-0.1, -0.05) is 84.5 Å². The molecular weight excluding hydrogens is 268 g/mol. The van der Waals surface area contributed by atoms with Crippen LogP contribution in [0.5, 0.6) is 0 Å². The van der Waals surface area contributed by atoms with Crippen molar-refractivity contribution >= 4 is 0 Å². The summed E-state index contributed by atoms with van der Waals surface area (Å²) in [5.74, 6) is 0. The SMILES string of the molecule is CCCCCCCCCC(NCCCC)NC1CCCCC1. The molecule has 132 valence electrons. The Balaban J connectivity index is 2.13. The lowest BCUT2D eigenvalue weighted by molar-refractivity contribution is 0.291. The van der Waals surface area contributed by atoms with Gasteiger partial charge in [0.1, 0.15) is 0 Å². The zero-order chi connectivity index (χ0) is 15.9. The molecule has 0 spiro atoms. The molecule has 1 atom stereocenters. The summed E-state index contributed by atoms with van der Waals surface area (Å²) in [7, 11) is 0. The molecule has 0 saturated heterocycles. The van der Waals surface area contributed by atoms with E-state index >= 15 is 0 Å². The largest absolute Gasteiger partial charge is 0.302 e. The van der Waals surface area contributed by atoms with Gasteiger partial charge in [0.2, 0.25) is 0 Å².